The summed E-state index contributed by atoms with van der Waals surface area (Å²) in [6, 6.07) is 10.2. The van der Waals surface area contributed by atoms with Gasteiger partial charge in [0.15, 0.2) is 0 Å². The van der Waals surface area contributed by atoms with Crippen LogP contribution in [0.2, 0.25) is 0 Å². The zero-order valence-corrected chi connectivity index (χ0v) is 12.4. The highest BCUT2D eigenvalue weighted by atomic mass is 16.5. The number of pyridine rings is 1. The van der Waals surface area contributed by atoms with E-state index in [9.17, 15) is 9.59 Å². The summed E-state index contributed by atoms with van der Waals surface area (Å²) < 4.78 is 11.5. The molecular formula is C16H17NO5. The van der Waals surface area contributed by atoms with Gasteiger partial charge in [0.1, 0.15) is 11.3 Å². The number of methoxy groups -OCH3 is 2. The van der Waals surface area contributed by atoms with E-state index in [-0.39, 0.29) is 12.1 Å². The molecule has 0 aliphatic carbocycles. The first-order valence-corrected chi connectivity index (χ1v) is 6.69. The fourth-order valence-corrected chi connectivity index (χ4v) is 2.16. The van der Waals surface area contributed by atoms with E-state index >= 15 is 0 Å². The van der Waals surface area contributed by atoms with Crippen LogP contribution in [0.3, 0.4) is 0 Å². The number of aromatic carboxylic acids is 1. The molecule has 0 saturated heterocycles. The summed E-state index contributed by atoms with van der Waals surface area (Å²) in [5, 5.41) is 9.08. The van der Waals surface area contributed by atoms with E-state index in [1.54, 1.807) is 25.3 Å². The van der Waals surface area contributed by atoms with Crippen molar-refractivity contribution in [3.8, 4) is 17.0 Å². The second kappa shape index (κ2) is 6.91. The van der Waals surface area contributed by atoms with E-state index in [1.165, 1.54) is 17.7 Å². The van der Waals surface area contributed by atoms with Crippen LogP contribution in [0.1, 0.15) is 10.4 Å². The van der Waals surface area contributed by atoms with Gasteiger partial charge in [-0.2, -0.15) is 0 Å². The Morgan fingerprint density at radius 2 is 1.82 bits per heavy atom. The maximum atomic E-state index is 12.3. The Labute approximate surface area is 127 Å². The van der Waals surface area contributed by atoms with E-state index in [1.807, 2.05) is 12.1 Å². The average molecular weight is 303 g/mol. The monoisotopic (exact) mass is 303 g/mol. The van der Waals surface area contributed by atoms with Crippen LogP contribution < -0.4 is 10.3 Å². The number of rotatable bonds is 6. The van der Waals surface area contributed by atoms with Crippen molar-refractivity contribution in [3.05, 3.63) is 52.3 Å². The third-order valence-corrected chi connectivity index (χ3v) is 3.31. The van der Waals surface area contributed by atoms with Gasteiger partial charge in [0.2, 0.25) is 0 Å². The number of aromatic nitrogens is 1. The van der Waals surface area contributed by atoms with Crippen molar-refractivity contribution in [3.63, 3.8) is 0 Å². The minimum Gasteiger partial charge on any atom is -0.497 e. The standard InChI is InChI=1S/C16H17NO5/c1-21-10-9-17-14(8-7-13(15(17)18)16(19)20)11-3-5-12(22-2)6-4-11/h3-8H,9-10H2,1-2H3,(H,19,20). The number of hydrogen-bond acceptors (Lipinski definition) is 4. The Kier molecular flexibility index (Phi) is 4.95. The van der Waals surface area contributed by atoms with Crippen molar-refractivity contribution in [2.75, 3.05) is 20.8 Å². The Morgan fingerprint density at radius 1 is 1.14 bits per heavy atom. The normalized spacial score (nSPS) is 10.5. The summed E-state index contributed by atoms with van der Waals surface area (Å²) in [6.07, 6.45) is 0. The summed E-state index contributed by atoms with van der Waals surface area (Å²) in [5.74, 6) is -0.533. The molecule has 0 fully saturated rings. The summed E-state index contributed by atoms with van der Waals surface area (Å²) in [5.41, 5.74) is 0.631. The molecule has 0 saturated carbocycles. The van der Waals surface area contributed by atoms with E-state index in [4.69, 9.17) is 14.6 Å². The molecule has 0 atom stereocenters. The maximum absolute atomic E-state index is 12.3. The van der Waals surface area contributed by atoms with Crippen LogP contribution >= 0.6 is 0 Å². The summed E-state index contributed by atoms with van der Waals surface area (Å²) in [6.45, 7) is 0.587. The van der Waals surface area contributed by atoms with E-state index in [0.29, 0.717) is 18.1 Å². The van der Waals surface area contributed by atoms with Gasteiger partial charge in [-0.05, 0) is 42.0 Å². The number of hydrogen-bond donors (Lipinski definition) is 1. The van der Waals surface area contributed by atoms with Crippen molar-refractivity contribution in [1.29, 1.82) is 0 Å². The van der Waals surface area contributed by atoms with Crippen molar-refractivity contribution in [2.45, 2.75) is 6.54 Å². The molecule has 1 aromatic carbocycles. The smallest absolute Gasteiger partial charge is 0.341 e. The topological polar surface area (TPSA) is 77.8 Å². The van der Waals surface area contributed by atoms with Gasteiger partial charge in [0, 0.05) is 13.7 Å². The van der Waals surface area contributed by atoms with Crippen LogP contribution in [-0.2, 0) is 11.3 Å². The van der Waals surface area contributed by atoms with Gasteiger partial charge in [0.05, 0.1) is 19.4 Å². The van der Waals surface area contributed by atoms with Crippen LogP contribution in [0.15, 0.2) is 41.2 Å². The maximum Gasteiger partial charge on any atom is 0.341 e. The quantitative estimate of drug-likeness (QED) is 0.881. The summed E-state index contributed by atoms with van der Waals surface area (Å²) in [7, 11) is 3.10. The first kappa shape index (κ1) is 15.8. The zero-order chi connectivity index (χ0) is 16.1. The number of nitrogens with zero attached hydrogens (tertiary/aromatic N) is 1. The number of benzene rings is 1. The van der Waals surface area contributed by atoms with Gasteiger partial charge in [0.25, 0.3) is 5.56 Å². The van der Waals surface area contributed by atoms with Crippen LogP contribution in [0.4, 0.5) is 0 Å². The Morgan fingerprint density at radius 3 is 2.36 bits per heavy atom. The number of carbonyl (C=O) groups is 1. The minimum atomic E-state index is -1.24. The lowest BCUT2D eigenvalue weighted by Crippen LogP contribution is -2.28. The van der Waals surface area contributed by atoms with Gasteiger partial charge in [-0.3, -0.25) is 4.79 Å². The highest BCUT2D eigenvalue weighted by Crippen LogP contribution is 2.21. The molecule has 2 rings (SSSR count). The second-order valence-corrected chi connectivity index (χ2v) is 4.62. The fraction of sp³-hybridized carbons (Fsp3) is 0.250. The second-order valence-electron chi connectivity index (χ2n) is 4.62. The highest BCUT2D eigenvalue weighted by Gasteiger charge is 2.15. The van der Waals surface area contributed by atoms with E-state index in [0.717, 1.165) is 5.56 Å². The summed E-state index contributed by atoms with van der Waals surface area (Å²) in [4.78, 5) is 23.5. The summed E-state index contributed by atoms with van der Waals surface area (Å²) >= 11 is 0. The molecule has 116 valence electrons. The lowest BCUT2D eigenvalue weighted by Gasteiger charge is -2.14. The van der Waals surface area contributed by atoms with E-state index in [2.05, 4.69) is 0 Å². The van der Waals surface area contributed by atoms with Crippen LogP contribution in [-0.4, -0.2) is 36.5 Å². The van der Waals surface area contributed by atoms with Crippen molar-refractivity contribution < 1.29 is 19.4 Å². The highest BCUT2D eigenvalue weighted by molar-refractivity contribution is 5.87. The van der Waals surface area contributed by atoms with Gasteiger partial charge in [-0.25, -0.2) is 4.79 Å². The first-order valence-electron chi connectivity index (χ1n) is 6.69. The molecule has 1 heterocycles. The molecule has 1 aromatic heterocycles. The average Bonchev–Trinajstić information content (AvgIpc) is 2.53. The molecule has 22 heavy (non-hydrogen) atoms. The molecule has 0 unspecified atom stereocenters. The predicted molar refractivity (Wildman–Crippen MR) is 81.5 cm³/mol. The SMILES string of the molecule is COCCn1c(-c2ccc(OC)cc2)ccc(C(=O)O)c1=O. The fourth-order valence-electron chi connectivity index (χ4n) is 2.16. The Balaban J connectivity index is 2.55. The van der Waals surface area contributed by atoms with Gasteiger partial charge in [-0.15, -0.1) is 0 Å². The molecule has 0 amide bonds. The largest absolute Gasteiger partial charge is 0.497 e. The molecule has 6 heteroatoms. The molecule has 0 aliphatic heterocycles. The lowest BCUT2D eigenvalue weighted by atomic mass is 10.1. The van der Waals surface area contributed by atoms with Gasteiger partial charge < -0.3 is 19.1 Å². The number of ether oxygens (including phenoxy) is 2. The van der Waals surface area contributed by atoms with Gasteiger partial charge >= 0.3 is 5.97 Å². The third kappa shape index (κ3) is 3.17. The van der Waals surface area contributed by atoms with Crippen LogP contribution in [0.5, 0.6) is 5.75 Å². The minimum absolute atomic E-state index is 0.256. The van der Waals surface area contributed by atoms with Crippen molar-refractivity contribution >= 4 is 5.97 Å². The molecule has 6 nitrogen and oxygen atoms in total. The molecule has 0 bridgehead atoms. The Bertz CT molecular complexity index is 718. The molecule has 2 aromatic rings. The van der Waals surface area contributed by atoms with E-state index < -0.39 is 11.5 Å². The number of carboxylic acids is 1. The first-order chi connectivity index (χ1) is 10.6. The van der Waals surface area contributed by atoms with Crippen molar-refractivity contribution in [1.82, 2.24) is 4.57 Å². The molecule has 0 aliphatic rings. The molecule has 1 N–H and O–H groups in total. The Hall–Kier alpha value is -2.60. The van der Waals surface area contributed by atoms with Gasteiger partial charge in [-0.1, -0.05) is 0 Å². The van der Waals surface area contributed by atoms with Crippen LogP contribution in [0, 0.1) is 0 Å². The third-order valence-electron chi connectivity index (χ3n) is 3.31. The molecule has 0 radical (unpaired) electrons. The lowest BCUT2D eigenvalue weighted by molar-refractivity contribution is 0.0694. The number of carboxylic acid groups (broad SMARTS) is 1. The van der Waals surface area contributed by atoms with Crippen molar-refractivity contribution in [2.24, 2.45) is 0 Å². The molecular weight excluding hydrogens is 286 g/mol. The zero-order valence-electron chi connectivity index (χ0n) is 12.4. The predicted octanol–water partition coefficient (Wildman–Crippen LogP) is 1.87. The van der Waals surface area contributed by atoms with Crippen LogP contribution in [0.25, 0.3) is 11.3 Å². The molecule has 0 spiro atoms.